The van der Waals surface area contributed by atoms with Crippen molar-refractivity contribution in [2.45, 2.75) is 26.0 Å². The van der Waals surface area contributed by atoms with Crippen LogP contribution >= 0.6 is 11.3 Å². The molecule has 0 saturated heterocycles. The van der Waals surface area contributed by atoms with Gasteiger partial charge in [0.2, 0.25) is 10.0 Å². The van der Waals surface area contributed by atoms with Crippen molar-refractivity contribution >= 4 is 48.9 Å². The molecule has 3 aromatic rings. The Labute approximate surface area is 177 Å². The molecular weight excluding hydrogens is 426 g/mol. The lowest BCUT2D eigenvalue weighted by Gasteiger charge is -2.33. The SMILES string of the molecule is CC(C)n1c(=O)sc2cc(NC(=O)[C@H]3CN(S(C)(=O)=O)c4ccccc4O3)ccc21. The summed E-state index contributed by atoms with van der Waals surface area (Å²) >= 11 is 1.12. The number of rotatable bonds is 4. The van der Waals surface area contributed by atoms with Gasteiger partial charge in [-0.25, -0.2) is 8.42 Å². The number of thiazole rings is 1. The molecule has 30 heavy (non-hydrogen) atoms. The molecular formula is C20H21N3O5S2. The molecule has 8 nitrogen and oxygen atoms in total. The predicted molar refractivity (Wildman–Crippen MR) is 118 cm³/mol. The second-order valence-corrected chi connectivity index (χ2v) is 10.3. The number of carbonyl (C=O) groups excluding carboxylic acids is 1. The first-order valence-corrected chi connectivity index (χ1v) is 12.0. The monoisotopic (exact) mass is 447 g/mol. The maximum Gasteiger partial charge on any atom is 0.308 e. The molecule has 2 aromatic carbocycles. The zero-order valence-electron chi connectivity index (χ0n) is 16.7. The van der Waals surface area contributed by atoms with Crippen LogP contribution in [-0.2, 0) is 14.8 Å². The standard InChI is InChI=1S/C20H21N3O5S2/c1-12(2)23-15-9-8-13(10-18(15)29-20(23)25)21-19(24)17-11-22(30(3,26)27)14-6-4-5-7-16(14)28-17/h4-10,12,17H,11H2,1-3H3,(H,21,24)/t17-/m1/s1. The first-order chi connectivity index (χ1) is 14.1. The predicted octanol–water partition coefficient (Wildman–Crippen LogP) is 2.81. The third kappa shape index (κ3) is 3.68. The Hall–Kier alpha value is -2.85. The number of sulfonamides is 1. The topological polar surface area (TPSA) is 97.7 Å². The number of para-hydroxylation sites is 2. The molecule has 0 unspecified atom stereocenters. The van der Waals surface area contributed by atoms with Crippen LogP contribution in [0, 0.1) is 0 Å². The van der Waals surface area contributed by atoms with E-state index < -0.39 is 22.0 Å². The summed E-state index contributed by atoms with van der Waals surface area (Å²) in [6.45, 7) is 3.76. The van der Waals surface area contributed by atoms with E-state index in [2.05, 4.69) is 5.32 Å². The number of nitrogens with zero attached hydrogens (tertiary/aromatic N) is 2. The van der Waals surface area contributed by atoms with E-state index in [4.69, 9.17) is 4.74 Å². The number of ether oxygens (including phenoxy) is 1. The molecule has 10 heteroatoms. The highest BCUT2D eigenvalue weighted by Crippen LogP contribution is 2.35. The zero-order valence-corrected chi connectivity index (χ0v) is 18.3. The van der Waals surface area contributed by atoms with E-state index in [0.717, 1.165) is 27.8 Å². The molecule has 1 amide bonds. The molecule has 158 valence electrons. The third-order valence-corrected chi connectivity index (χ3v) is 6.89. The second-order valence-electron chi connectivity index (χ2n) is 7.37. The maximum atomic E-state index is 12.8. The number of hydrogen-bond acceptors (Lipinski definition) is 6. The summed E-state index contributed by atoms with van der Waals surface area (Å²) < 4.78 is 33.8. The molecule has 0 spiro atoms. The first kappa shape index (κ1) is 20.4. The number of fused-ring (bicyclic) bond motifs is 2. The summed E-state index contributed by atoms with van der Waals surface area (Å²) in [4.78, 5) is 25.0. The van der Waals surface area contributed by atoms with Crippen molar-refractivity contribution in [3.8, 4) is 5.75 Å². The average Bonchev–Trinajstić information content (AvgIpc) is 3.01. The van der Waals surface area contributed by atoms with Crippen molar-refractivity contribution in [3.63, 3.8) is 0 Å². The lowest BCUT2D eigenvalue weighted by atomic mass is 10.2. The number of anilines is 2. The molecule has 0 bridgehead atoms. The lowest BCUT2D eigenvalue weighted by Crippen LogP contribution is -2.48. The molecule has 1 atom stereocenters. The van der Waals surface area contributed by atoms with E-state index >= 15 is 0 Å². The molecule has 0 saturated carbocycles. The smallest absolute Gasteiger partial charge is 0.308 e. The molecule has 0 fully saturated rings. The van der Waals surface area contributed by atoms with Crippen LogP contribution in [0.3, 0.4) is 0 Å². The minimum atomic E-state index is -3.58. The summed E-state index contributed by atoms with van der Waals surface area (Å²) in [6.07, 6.45) is 0.0866. The molecule has 0 aliphatic carbocycles. The van der Waals surface area contributed by atoms with Crippen LogP contribution in [0.25, 0.3) is 10.2 Å². The van der Waals surface area contributed by atoms with Gasteiger partial charge in [0.05, 0.1) is 28.7 Å². The molecule has 1 aliphatic heterocycles. The van der Waals surface area contributed by atoms with Gasteiger partial charge < -0.3 is 10.1 Å². The van der Waals surface area contributed by atoms with Crippen LogP contribution in [0.4, 0.5) is 11.4 Å². The van der Waals surface area contributed by atoms with E-state index in [-0.39, 0.29) is 17.5 Å². The van der Waals surface area contributed by atoms with Gasteiger partial charge >= 0.3 is 4.87 Å². The Bertz CT molecular complexity index is 1290. The first-order valence-electron chi connectivity index (χ1n) is 9.34. The number of hydrogen-bond donors (Lipinski definition) is 1. The van der Waals surface area contributed by atoms with E-state index in [1.54, 1.807) is 47.0 Å². The summed E-state index contributed by atoms with van der Waals surface area (Å²) in [7, 11) is -3.58. The van der Waals surface area contributed by atoms with Crippen molar-refractivity contribution < 1.29 is 17.9 Å². The van der Waals surface area contributed by atoms with Crippen LogP contribution in [0.2, 0.25) is 0 Å². The van der Waals surface area contributed by atoms with Gasteiger partial charge in [-0.1, -0.05) is 23.5 Å². The number of carbonyl (C=O) groups is 1. The minimum Gasteiger partial charge on any atom is -0.476 e. The van der Waals surface area contributed by atoms with Crippen LogP contribution in [0.1, 0.15) is 19.9 Å². The Morgan fingerprint density at radius 1 is 1.23 bits per heavy atom. The van der Waals surface area contributed by atoms with E-state index in [0.29, 0.717) is 17.1 Å². The number of aromatic nitrogens is 1. The summed E-state index contributed by atoms with van der Waals surface area (Å²) in [5, 5.41) is 2.77. The fourth-order valence-electron chi connectivity index (χ4n) is 3.48. The minimum absolute atomic E-state index is 0.0318. The largest absolute Gasteiger partial charge is 0.476 e. The number of nitrogens with one attached hydrogen (secondary N) is 1. The quantitative estimate of drug-likeness (QED) is 0.663. The van der Waals surface area contributed by atoms with Gasteiger partial charge in [0.1, 0.15) is 5.75 Å². The highest BCUT2D eigenvalue weighted by atomic mass is 32.2. The third-order valence-electron chi connectivity index (χ3n) is 4.82. The Morgan fingerprint density at radius 3 is 2.67 bits per heavy atom. The van der Waals surface area contributed by atoms with Gasteiger partial charge in [-0.15, -0.1) is 0 Å². The van der Waals surface area contributed by atoms with Gasteiger partial charge in [0.25, 0.3) is 5.91 Å². The highest BCUT2D eigenvalue weighted by Gasteiger charge is 2.34. The van der Waals surface area contributed by atoms with Gasteiger partial charge in [-0.3, -0.25) is 18.5 Å². The normalized spacial score (nSPS) is 16.4. The summed E-state index contributed by atoms with van der Waals surface area (Å²) in [5.41, 5.74) is 1.73. The van der Waals surface area contributed by atoms with Gasteiger partial charge in [0.15, 0.2) is 6.10 Å². The van der Waals surface area contributed by atoms with Gasteiger partial charge in [0, 0.05) is 11.7 Å². The van der Waals surface area contributed by atoms with Crippen molar-refractivity contribution in [3.05, 3.63) is 52.1 Å². The lowest BCUT2D eigenvalue weighted by molar-refractivity contribution is -0.122. The van der Waals surface area contributed by atoms with Crippen LogP contribution in [-0.4, -0.2) is 37.8 Å². The van der Waals surface area contributed by atoms with Crippen molar-refractivity contribution in [1.29, 1.82) is 0 Å². The van der Waals surface area contributed by atoms with E-state index in [1.165, 1.54) is 4.31 Å². The van der Waals surface area contributed by atoms with Crippen molar-refractivity contribution in [2.75, 3.05) is 22.4 Å². The van der Waals surface area contributed by atoms with Crippen LogP contribution in [0.5, 0.6) is 5.75 Å². The second kappa shape index (κ2) is 7.44. The Morgan fingerprint density at radius 2 is 1.97 bits per heavy atom. The van der Waals surface area contributed by atoms with E-state index in [9.17, 15) is 18.0 Å². The summed E-state index contributed by atoms with van der Waals surface area (Å²) in [6, 6.07) is 12.0. The molecule has 0 radical (unpaired) electrons. The van der Waals surface area contributed by atoms with Crippen molar-refractivity contribution in [1.82, 2.24) is 4.57 Å². The van der Waals surface area contributed by atoms with E-state index in [1.807, 2.05) is 13.8 Å². The zero-order chi connectivity index (χ0) is 21.6. The molecule has 1 N–H and O–H groups in total. The fraction of sp³-hybridized carbons (Fsp3) is 0.300. The van der Waals surface area contributed by atoms with Crippen LogP contribution in [0.15, 0.2) is 47.3 Å². The molecule has 1 aromatic heterocycles. The average molecular weight is 448 g/mol. The maximum absolute atomic E-state index is 12.8. The molecule has 4 rings (SSSR count). The number of benzene rings is 2. The number of amides is 1. The molecule has 1 aliphatic rings. The van der Waals surface area contributed by atoms with Crippen molar-refractivity contribution in [2.24, 2.45) is 0 Å². The Balaban J connectivity index is 1.61. The summed E-state index contributed by atoms with van der Waals surface area (Å²) in [5.74, 6) is -0.134. The Kier molecular flexibility index (Phi) is 5.07. The molecule has 2 heterocycles. The van der Waals surface area contributed by atoms with Gasteiger partial charge in [-0.05, 0) is 44.2 Å². The van der Waals surface area contributed by atoms with Gasteiger partial charge in [-0.2, -0.15) is 0 Å². The fourth-order valence-corrected chi connectivity index (χ4v) is 5.45. The van der Waals surface area contributed by atoms with Crippen LogP contribution < -0.4 is 19.2 Å². The highest BCUT2D eigenvalue weighted by molar-refractivity contribution is 7.92.